The lowest BCUT2D eigenvalue weighted by atomic mass is 10.1. The Hall–Kier alpha value is -1.31. The molecule has 0 fully saturated rings. The molecule has 0 amide bonds. The fraction of sp³-hybridized carbons (Fsp3) is 0.533. The molecule has 1 rings (SSSR count). The van der Waals surface area contributed by atoms with Gasteiger partial charge in [-0.1, -0.05) is 50.1 Å². The number of aliphatic imine (C=N–C) groups is 1. The van der Waals surface area contributed by atoms with Crippen molar-refractivity contribution in [1.82, 2.24) is 4.90 Å². The van der Waals surface area contributed by atoms with E-state index in [-0.39, 0.29) is 0 Å². The summed E-state index contributed by atoms with van der Waals surface area (Å²) < 4.78 is 0. The molecule has 0 N–H and O–H groups in total. The summed E-state index contributed by atoms with van der Waals surface area (Å²) in [6.07, 6.45) is 4.66. The second-order valence-corrected chi connectivity index (χ2v) is 4.56. The van der Waals surface area contributed by atoms with E-state index in [1.54, 1.807) is 0 Å². The van der Waals surface area contributed by atoms with Crippen molar-refractivity contribution in [2.45, 2.75) is 32.6 Å². The number of likely N-dealkylation sites (N-methyl/N-ethyl adjacent to an activating group) is 1. The normalized spacial score (nSPS) is 11.6. The van der Waals surface area contributed by atoms with Crippen LogP contribution < -0.4 is 0 Å². The standard InChI is InChI=1S/C15H24N2/c1-4-5-9-12-16-15(17(2)3)13-14-10-7-6-8-11-14/h6-8,10-11H,4-5,9,12-13H2,1-3H3. The molecule has 0 aliphatic carbocycles. The Kier molecular flexibility index (Phi) is 6.38. The molecule has 0 saturated heterocycles. The molecule has 2 heteroatoms. The molecule has 2 nitrogen and oxygen atoms in total. The predicted octanol–water partition coefficient (Wildman–Crippen LogP) is 3.38. The van der Waals surface area contributed by atoms with Crippen LogP contribution in [0.1, 0.15) is 31.7 Å². The van der Waals surface area contributed by atoms with Crippen molar-refractivity contribution >= 4 is 5.84 Å². The molecule has 0 aliphatic heterocycles. The zero-order valence-corrected chi connectivity index (χ0v) is 11.3. The lowest BCUT2D eigenvalue weighted by Gasteiger charge is -2.16. The van der Waals surface area contributed by atoms with Gasteiger partial charge in [0.25, 0.3) is 0 Å². The number of amidine groups is 1. The highest BCUT2D eigenvalue weighted by atomic mass is 15.1. The zero-order valence-electron chi connectivity index (χ0n) is 11.3. The van der Waals surface area contributed by atoms with E-state index in [4.69, 9.17) is 4.99 Å². The lowest BCUT2D eigenvalue weighted by molar-refractivity contribution is 0.601. The first-order valence-electron chi connectivity index (χ1n) is 6.48. The Morgan fingerprint density at radius 3 is 2.41 bits per heavy atom. The van der Waals surface area contributed by atoms with Gasteiger partial charge in [0.15, 0.2) is 0 Å². The SMILES string of the molecule is CCCCCN=C(Cc1ccccc1)N(C)C. The number of unbranched alkanes of at least 4 members (excludes halogenated alkanes) is 2. The number of hydrogen-bond donors (Lipinski definition) is 0. The molecule has 0 radical (unpaired) electrons. The summed E-state index contributed by atoms with van der Waals surface area (Å²) in [4.78, 5) is 6.82. The van der Waals surface area contributed by atoms with Gasteiger partial charge in [0.2, 0.25) is 0 Å². The number of rotatable bonds is 6. The molecule has 0 heterocycles. The third kappa shape index (κ3) is 5.53. The maximum atomic E-state index is 4.70. The quantitative estimate of drug-likeness (QED) is 0.417. The highest BCUT2D eigenvalue weighted by Gasteiger charge is 2.02. The van der Waals surface area contributed by atoms with Crippen LogP contribution in [-0.2, 0) is 6.42 Å². The van der Waals surface area contributed by atoms with Gasteiger partial charge in [0, 0.05) is 27.1 Å². The summed E-state index contributed by atoms with van der Waals surface area (Å²) in [5, 5.41) is 0. The Balaban J connectivity index is 2.54. The molecule has 0 saturated carbocycles. The van der Waals surface area contributed by atoms with Gasteiger partial charge in [-0.3, -0.25) is 4.99 Å². The Morgan fingerprint density at radius 2 is 1.82 bits per heavy atom. The minimum absolute atomic E-state index is 0.931. The average Bonchev–Trinajstić information content (AvgIpc) is 2.34. The van der Waals surface area contributed by atoms with Crippen molar-refractivity contribution in [1.29, 1.82) is 0 Å². The molecule has 0 atom stereocenters. The first kappa shape index (κ1) is 13.8. The third-order valence-corrected chi connectivity index (χ3v) is 2.78. The monoisotopic (exact) mass is 232 g/mol. The van der Waals surface area contributed by atoms with E-state index in [0.29, 0.717) is 0 Å². The zero-order chi connectivity index (χ0) is 12.5. The first-order valence-corrected chi connectivity index (χ1v) is 6.48. The minimum Gasteiger partial charge on any atom is -0.366 e. The molecule has 0 aliphatic rings. The Bertz CT molecular complexity index is 328. The van der Waals surface area contributed by atoms with Crippen LogP contribution in [0.15, 0.2) is 35.3 Å². The topological polar surface area (TPSA) is 15.6 Å². The van der Waals surface area contributed by atoms with E-state index in [0.717, 1.165) is 13.0 Å². The van der Waals surface area contributed by atoms with Crippen molar-refractivity contribution in [3.8, 4) is 0 Å². The van der Waals surface area contributed by atoms with Crippen LogP contribution in [0.2, 0.25) is 0 Å². The van der Waals surface area contributed by atoms with E-state index >= 15 is 0 Å². The molecular formula is C15H24N2. The molecule has 1 aromatic carbocycles. The Labute approximate surface area is 105 Å². The van der Waals surface area contributed by atoms with Crippen molar-refractivity contribution in [2.75, 3.05) is 20.6 Å². The van der Waals surface area contributed by atoms with Crippen LogP contribution in [0.5, 0.6) is 0 Å². The van der Waals surface area contributed by atoms with Gasteiger partial charge in [-0.15, -0.1) is 0 Å². The van der Waals surface area contributed by atoms with E-state index in [2.05, 4.69) is 56.3 Å². The summed E-state index contributed by atoms with van der Waals surface area (Å²) in [6.45, 7) is 3.18. The maximum Gasteiger partial charge on any atom is 0.103 e. The predicted molar refractivity (Wildman–Crippen MR) is 75.7 cm³/mol. The number of nitrogens with zero attached hydrogens (tertiary/aromatic N) is 2. The smallest absolute Gasteiger partial charge is 0.103 e. The molecular weight excluding hydrogens is 208 g/mol. The van der Waals surface area contributed by atoms with Crippen LogP contribution in [0, 0.1) is 0 Å². The van der Waals surface area contributed by atoms with E-state index < -0.39 is 0 Å². The van der Waals surface area contributed by atoms with E-state index in [9.17, 15) is 0 Å². The van der Waals surface area contributed by atoms with Crippen LogP contribution in [-0.4, -0.2) is 31.4 Å². The highest BCUT2D eigenvalue weighted by Crippen LogP contribution is 2.03. The van der Waals surface area contributed by atoms with Gasteiger partial charge in [-0.25, -0.2) is 0 Å². The summed E-state index contributed by atoms with van der Waals surface area (Å²) in [6, 6.07) is 10.5. The van der Waals surface area contributed by atoms with Gasteiger partial charge in [0.1, 0.15) is 5.84 Å². The van der Waals surface area contributed by atoms with Gasteiger partial charge in [0.05, 0.1) is 0 Å². The molecule has 94 valence electrons. The van der Waals surface area contributed by atoms with Crippen molar-refractivity contribution in [3.63, 3.8) is 0 Å². The van der Waals surface area contributed by atoms with Crippen molar-refractivity contribution in [3.05, 3.63) is 35.9 Å². The summed E-state index contributed by atoms with van der Waals surface area (Å²) in [5.41, 5.74) is 1.33. The summed E-state index contributed by atoms with van der Waals surface area (Å²) in [7, 11) is 4.14. The molecule has 1 aromatic rings. The third-order valence-electron chi connectivity index (χ3n) is 2.78. The highest BCUT2D eigenvalue weighted by molar-refractivity contribution is 5.84. The lowest BCUT2D eigenvalue weighted by Crippen LogP contribution is -2.24. The van der Waals surface area contributed by atoms with Crippen molar-refractivity contribution < 1.29 is 0 Å². The Morgan fingerprint density at radius 1 is 1.12 bits per heavy atom. The average molecular weight is 232 g/mol. The molecule has 17 heavy (non-hydrogen) atoms. The first-order chi connectivity index (χ1) is 8.24. The summed E-state index contributed by atoms with van der Waals surface area (Å²) in [5.74, 6) is 1.17. The van der Waals surface area contributed by atoms with Crippen LogP contribution >= 0.6 is 0 Å². The molecule has 0 aromatic heterocycles. The van der Waals surface area contributed by atoms with Crippen molar-refractivity contribution in [2.24, 2.45) is 4.99 Å². The number of benzene rings is 1. The summed E-state index contributed by atoms with van der Waals surface area (Å²) >= 11 is 0. The van der Waals surface area contributed by atoms with Gasteiger partial charge < -0.3 is 4.90 Å². The van der Waals surface area contributed by atoms with Gasteiger partial charge in [-0.05, 0) is 12.0 Å². The second kappa shape index (κ2) is 7.88. The maximum absolute atomic E-state index is 4.70. The van der Waals surface area contributed by atoms with Gasteiger partial charge >= 0.3 is 0 Å². The van der Waals surface area contributed by atoms with E-state index in [1.165, 1.54) is 30.7 Å². The fourth-order valence-corrected chi connectivity index (χ4v) is 1.70. The van der Waals surface area contributed by atoms with Crippen LogP contribution in [0.25, 0.3) is 0 Å². The largest absolute Gasteiger partial charge is 0.366 e. The minimum atomic E-state index is 0.931. The fourth-order valence-electron chi connectivity index (χ4n) is 1.70. The van der Waals surface area contributed by atoms with Crippen LogP contribution in [0.4, 0.5) is 0 Å². The van der Waals surface area contributed by atoms with E-state index in [1.807, 2.05) is 0 Å². The van der Waals surface area contributed by atoms with Gasteiger partial charge in [-0.2, -0.15) is 0 Å². The molecule has 0 unspecified atom stereocenters. The second-order valence-electron chi connectivity index (χ2n) is 4.56. The van der Waals surface area contributed by atoms with Crippen LogP contribution in [0.3, 0.4) is 0 Å². The molecule has 0 bridgehead atoms. The number of hydrogen-bond acceptors (Lipinski definition) is 1. The molecule has 0 spiro atoms.